The number of amides is 2. The molecule has 0 spiro atoms. The number of halogens is 2. The van der Waals surface area contributed by atoms with Crippen molar-refractivity contribution in [1.82, 2.24) is 0 Å². The number of aromatic carboxylic acids is 1. The van der Waals surface area contributed by atoms with Crippen molar-refractivity contribution in [2.45, 2.75) is 0 Å². The van der Waals surface area contributed by atoms with E-state index in [4.69, 9.17) is 5.11 Å². The fraction of sp³-hybridized carbons (Fsp3) is 0. The lowest BCUT2D eigenvalue weighted by Gasteiger charge is -2.10. The number of para-hydroxylation sites is 1. The molecule has 2 rings (SSSR count). The molecule has 0 fully saturated rings. The summed E-state index contributed by atoms with van der Waals surface area (Å²) in [4.78, 5) is 22.7. The summed E-state index contributed by atoms with van der Waals surface area (Å²) in [5, 5.41) is 13.4. The lowest BCUT2D eigenvalue weighted by Crippen LogP contribution is -2.21. The van der Waals surface area contributed by atoms with Gasteiger partial charge in [-0.3, -0.25) is 0 Å². The van der Waals surface area contributed by atoms with E-state index in [9.17, 15) is 18.4 Å². The van der Waals surface area contributed by atoms with E-state index in [1.165, 1.54) is 18.2 Å². The molecule has 5 nitrogen and oxygen atoms in total. The van der Waals surface area contributed by atoms with Gasteiger partial charge in [-0.25, -0.2) is 18.4 Å². The Labute approximate surface area is 118 Å². The summed E-state index contributed by atoms with van der Waals surface area (Å²) in [6.07, 6.45) is 0. The number of carbonyl (C=O) groups excluding carboxylic acids is 1. The van der Waals surface area contributed by atoms with E-state index < -0.39 is 23.6 Å². The molecule has 2 amide bonds. The van der Waals surface area contributed by atoms with Gasteiger partial charge in [0.2, 0.25) is 0 Å². The van der Waals surface area contributed by atoms with Crippen molar-refractivity contribution < 1.29 is 23.5 Å². The predicted molar refractivity (Wildman–Crippen MR) is 72.4 cm³/mol. The van der Waals surface area contributed by atoms with Crippen LogP contribution in [0.2, 0.25) is 0 Å². The largest absolute Gasteiger partial charge is 0.478 e. The third-order valence-electron chi connectivity index (χ3n) is 2.59. The van der Waals surface area contributed by atoms with Gasteiger partial charge in [0.25, 0.3) is 0 Å². The van der Waals surface area contributed by atoms with Crippen LogP contribution in [0.1, 0.15) is 10.4 Å². The van der Waals surface area contributed by atoms with Crippen LogP contribution in [0.3, 0.4) is 0 Å². The van der Waals surface area contributed by atoms with E-state index in [1.807, 2.05) is 0 Å². The van der Waals surface area contributed by atoms with Crippen LogP contribution in [0.4, 0.5) is 25.0 Å². The number of nitrogens with one attached hydrogen (secondary N) is 2. The molecule has 0 unspecified atom stereocenters. The summed E-state index contributed by atoms with van der Waals surface area (Å²) >= 11 is 0. The average Bonchev–Trinajstić information content (AvgIpc) is 2.42. The van der Waals surface area contributed by atoms with Crippen molar-refractivity contribution in [3.8, 4) is 0 Å². The van der Waals surface area contributed by atoms with E-state index in [1.54, 1.807) is 6.07 Å². The van der Waals surface area contributed by atoms with Gasteiger partial charge in [-0.05, 0) is 24.3 Å². The Morgan fingerprint density at radius 2 is 1.62 bits per heavy atom. The molecule has 0 heterocycles. The van der Waals surface area contributed by atoms with Crippen molar-refractivity contribution in [3.63, 3.8) is 0 Å². The first kappa shape index (κ1) is 14.4. The van der Waals surface area contributed by atoms with Crippen LogP contribution in [0.15, 0.2) is 42.5 Å². The number of benzene rings is 2. The maximum absolute atomic E-state index is 13.4. The molecule has 108 valence electrons. The number of urea groups is 1. The minimum absolute atomic E-state index is 0.0602. The van der Waals surface area contributed by atoms with Crippen LogP contribution >= 0.6 is 0 Å². The zero-order valence-corrected chi connectivity index (χ0v) is 10.6. The molecule has 0 aliphatic heterocycles. The van der Waals surface area contributed by atoms with Crippen LogP contribution in [-0.4, -0.2) is 17.1 Å². The Balaban J connectivity index is 2.14. The minimum atomic E-state index is -1.21. The lowest BCUT2D eigenvalue weighted by atomic mass is 10.2. The summed E-state index contributed by atoms with van der Waals surface area (Å²) in [6.45, 7) is 0. The second-order valence-corrected chi connectivity index (χ2v) is 4.05. The molecule has 0 aliphatic carbocycles. The smallest absolute Gasteiger partial charge is 0.337 e. The van der Waals surface area contributed by atoms with Gasteiger partial charge in [-0.15, -0.1) is 0 Å². The van der Waals surface area contributed by atoms with E-state index in [0.717, 1.165) is 12.1 Å². The highest BCUT2D eigenvalue weighted by Crippen LogP contribution is 2.17. The van der Waals surface area contributed by atoms with Gasteiger partial charge < -0.3 is 15.7 Å². The number of anilines is 2. The van der Waals surface area contributed by atoms with Gasteiger partial charge >= 0.3 is 12.0 Å². The van der Waals surface area contributed by atoms with Crippen LogP contribution < -0.4 is 10.6 Å². The third-order valence-corrected chi connectivity index (χ3v) is 2.59. The van der Waals surface area contributed by atoms with E-state index in [2.05, 4.69) is 10.6 Å². The summed E-state index contributed by atoms with van der Waals surface area (Å²) in [6, 6.07) is 7.60. The average molecular weight is 292 g/mol. The summed E-state index contributed by atoms with van der Waals surface area (Å²) in [7, 11) is 0. The zero-order chi connectivity index (χ0) is 15.4. The quantitative estimate of drug-likeness (QED) is 0.812. The monoisotopic (exact) mass is 292 g/mol. The highest BCUT2D eigenvalue weighted by molar-refractivity contribution is 6.04. The van der Waals surface area contributed by atoms with Crippen LogP contribution in [0.25, 0.3) is 0 Å². The molecule has 0 aromatic heterocycles. The fourth-order valence-corrected chi connectivity index (χ4v) is 1.65. The number of carbonyl (C=O) groups is 2. The maximum atomic E-state index is 13.4. The Morgan fingerprint density at radius 1 is 0.952 bits per heavy atom. The number of carboxylic acids is 1. The molecule has 0 radical (unpaired) electrons. The first-order chi connectivity index (χ1) is 9.97. The summed E-state index contributed by atoms with van der Waals surface area (Å²) < 4.78 is 26.1. The molecule has 0 saturated heterocycles. The standard InChI is InChI=1S/C14H10F2N2O3/c15-8-5-6-12(10(16)7-8)18-14(21)17-11-4-2-1-3-9(11)13(19)20/h1-7H,(H,19,20)(H2,17,18,21). The molecular weight excluding hydrogens is 282 g/mol. The van der Waals surface area contributed by atoms with Gasteiger partial charge in [0.1, 0.15) is 11.6 Å². The number of hydrogen-bond donors (Lipinski definition) is 3. The lowest BCUT2D eigenvalue weighted by molar-refractivity contribution is 0.0698. The topological polar surface area (TPSA) is 78.4 Å². The van der Waals surface area contributed by atoms with Gasteiger partial charge in [-0.1, -0.05) is 12.1 Å². The van der Waals surface area contributed by atoms with Crippen molar-refractivity contribution >= 4 is 23.4 Å². The van der Waals surface area contributed by atoms with Crippen molar-refractivity contribution in [2.24, 2.45) is 0 Å². The van der Waals surface area contributed by atoms with Gasteiger partial charge in [0.15, 0.2) is 0 Å². The normalized spacial score (nSPS) is 10.0. The second kappa shape index (κ2) is 6.00. The summed E-state index contributed by atoms with van der Waals surface area (Å²) in [5.41, 5.74) is -0.265. The molecule has 0 aliphatic rings. The molecule has 2 aromatic carbocycles. The van der Waals surface area contributed by atoms with Gasteiger partial charge in [0.05, 0.1) is 16.9 Å². The van der Waals surface area contributed by atoms with Crippen molar-refractivity contribution in [3.05, 3.63) is 59.7 Å². The molecule has 21 heavy (non-hydrogen) atoms. The van der Waals surface area contributed by atoms with E-state index >= 15 is 0 Å². The molecule has 3 N–H and O–H groups in total. The first-order valence-corrected chi connectivity index (χ1v) is 5.83. The Bertz CT molecular complexity index is 704. The fourth-order valence-electron chi connectivity index (χ4n) is 1.65. The number of hydrogen-bond acceptors (Lipinski definition) is 2. The minimum Gasteiger partial charge on any atom is -0.478 e. The van der Waals surface area contributed by atoms with E-state index in [-0.39, 0.29) is 16.9 Å². The highest BCUT2D eigenvalue weighted by atomic mass is 19.1. The van der Waals surface area contributed by atoms with Crippen molar-refractivity contribution in [2.75, 3.05) is 10.6 Å². The van der Waals surface area contributed by atoms with Crippen LogP contribution in [0.5, 0.6) is 0 Å². The second-order valence-electron chi connectivity index (χ2n) is 4.05. The molecular formula is C14H10F2N2O3. The maximum Gasteiger partial charge on any atom is 0.337 e. The number of rotatable bonds is 3. The molecule has 0 atom stereocenters. The van der Waals surface area contributed by atoms with Crippen LogP contribution in [-0.2, 0) is 0 Å². The van der Waals surface area contributed by atoms with Crippen LogP contribution in [0, 0.1) is 11.6 Å². The van der Waals surface area contributed by atoms with Gasteiger partial charge in [0, 0.05) is 6.07 Å². The van der Waals surface area contributed by atoms with Gasteiger partial charge in [-0.2, -0.15) is 0 Å². The molecule has 0 saturated carbocycles. The number of carboxylic acid groups (broad SMARTS) is 1. The van der Waals surface area contributed by atoms with E-state index in [0.29, 0.717) is 6.07 Å². The van der Waals surface area contributed by atoms with Crippen molar-refractivity contribution in [1.29, 1.82) is 0 Å². The molecule has 7 heteroatoms. The Morgan fingerprint density at radius 3 is 2.29 bits per heavy atom. The Hall–Kier alpha value is -2.96. The predicted octanol–water partition coefficient (Wildman–Crippen LogP) is 3.31. The Kier molecular flexibility index (Phi) is 4.13. The zero-order valence-electron chi connectivity index (χ0n) is 10.6. The first-order valence-electron chi connectivity index (χ1n) is 5.83. The molecule has 0 bridgehead atoms. The highest BCUT2D eigenvalue weighted by Gasteiger charge is 2.13. The SMILES string of the molecule is O=C(Nc1ccc(F)cc1F)Nc1ccccc1C(=O)O. The third kappa shape index (κ3) is 3.53. The summed E-state index contributed by atoms with van der Waals surface area (Å²) in [5.74, 6) is -2.91. The molecule has 2 aromatic rings.